The minimum atomic E-state index is -3.08. The lowest BCUT2D eigenvalue weighted by Crippen LogP contribution is -2.30. The fraction of sp³-hybridized carbons (Fsp3) is 0.500. The maximum Gasteiger partial charge on any atom is 0.208 e. The molecule has 0 fully saturated rings. The van der Waals surface area contributed by atoms with Gasteiger partial charge in [0, 0.05) is 30.2 Å². The lowest BCUT2D eigenvalue weighted by Gasteiger charge is -2.04. The normalized spacial score (nSPS) is 11.8. The van der Waals surface area contributed by atoms with Crippen LogP contribution in [0.3, 0.4) is 0 Å². The lowest BCUT2D eigenvalue weighted by molar-refractivity contribution is 0.582. The maximum absolute atomic E-state index is 10.7. The Labute approximate surface area is 93.7 Å². The number of nitrogen functional groups attached to an aromatic ring is 1. The van der Waals surface area contributed by atoms with Crippen LogP contribution in [0.25, 0.3) is 0 Å². The molecule has 0 aliphatic carbocycles. The minimum absolute atomic E-state index is 0.393. The van der Waals surface area contributed by atoms with Crippen LogP contribution in [-0.4, -0.2) is 27.8 Å². The van der Waals surface area contributed by atoms with Crippen LogP contribution in [0.5, 0.6) is 0 Å². The molecular formula is C8H15N3O2S2. The van der Waals surface area contributed by atoms with Crippen LogP contribution in [0.2, 0.25) is 0 Å². The van der Waals surface area contributed by atoms with Crippen molar-refractivity contribution < 1.29 is 8.42 Å². The second-order valence-electron chi connectivity index (χ2n) is 3.14. The molecule has 0 radical (unpaired) electrons. The van der Waals surface area contributed by atoms with Crippen LogP contribution < -0.4 is 15.8 Å². The molecule has 86 valence electrons. The third-order valence-corrected chi connectivity index (χ3v) is 3.40. The van der Waals surface area contributed by atoms with Gasteiger partial charge in [0.15, 0.2) is 0 Å². The SMILES string of the molecule is CS(=O)(=O)NCCNCc1sccc1N. The summed E-state index contributed by atoms with van der Waals surface area (Å²) in [6.07, 6.45) is 1.14. The zero-order valence-electron chi connectivity index (χ0n) is 8.49. The quantitative estimate of drug-likeness (QED) is 0.618. The highest BCUT2D eigenvalue weighted by molar-refractivity contribution is 7.88. The molecule has 1 aromatic heterocycles. The van der Waals surface area contributed by atoms with Gasteiger partial charge in [-0.15, -0.1) is 11.3 Å². The van der Waals surface area contributed by atoms with E-state index >= 15 is 0 Å². The number of rotatable bonds is 6. The van der Waals surface area contributed by atoms with E-state index in [1.54, 1.807) is 11.3 Å². The van der Waals surface area contributed by atoms with Crippen molar-refractivity contribution in [1.29, 1.82) is 0 Å². The Morgan fingerprint density at radius 2 is 2.20 bits per heavy atom. The smallest absolute Gasteiger partial charge is 0.208 e. The Morgan fingerprint density at radius 1 is 1.47 bits per heavy atom. The molecule has 5 nitrogen and oxygen atoms in total. The molecule has 0 saturated carbocycles. The molecule has 1 aromatic rings. The van der Waals surface area contributed by atoms with Gasteiger partial charge in [0.05, 0.1) is 6.26 Å². The zero-order chi connectivity index (χ0) is 11.3. The molecule has 0 amide bonds. The fourth-order valence-electron chi connectivity index (χ4n) is 1.02. The van der Waals surface area contributed by atoms with E-state index in [0.29, 0.717) is 19.6 Å². The molecular weight excluding hydrogens is 234 g/mol. The van der Waals surface area contributed by atoms with Crippen LogP contribution >= 0.6 is 11.3 Å². The maximum atomic E-state index is 10.7. The van der Waals surface area contributed by atoms with E-state index in [-0.39, 0.29) is 0 Å². The summed E-state index contributed by atoms with van der Waals surface area (Å²) in [5, 5.41) is 5.04. The van der Waals surface area contributed by atoms with Crippen LogP contribution in [0.4, 0.5) is 5.69 Å². The number of thiophene rings is 1. The number of nitrogens with one attached hydrogen (secondary N) is 2. The Balaban J connectivity index is 2.15. The fourth-order valence-corrected chi connectivity index (χ4v) is 2.26. The Kier molecular flexibility index (Phi) is 4.52. The number of sulfonamides is 1. The third-order valence-electron chi connectivity index (χ3n) is 1.73. The number of hydrogen-bond donors (Lipinski definition) is 3. The van der Waals surface area contributed by atoms with Crippen molar-refractivity contribution in [3.8, 4) is 0 Å². The first-order chi connectivity index (χ1) is 6.99. The van der Waals surface area contributed by atoms with Crippen molar-refractivity contribution in [3.05, 3.63) is 16.3 Å². The van der Waals surface area contributed by atoms with Gasteiger partial charge in [-0.2, -0.15) is 0 Å². The predicted molar refractivity (Wildman–Crippen MR) is 63.3 cm³/mol. The molecule has 0 bridgehead atoms. The summed E-state index contributed by atoms with van der Waals surface area (Å²) in [6.45, 7) is 1.66. The van der Waals surface area contributed by atoms with E-state index in [1.807, 2.05) is 11.4 Å². The monoisotopic (exact) mass is 249 g/mol. The summed E-state index contributed by atoms with van der Waals surface area (Å²) < 4.78 is 23.8. The average Bonchev–Trinajstić information content (AvgIpc) is 2.49. The first-order valence-corrected chi connectivity index (χ1v) is 7.23. The third kappa shape index (κ3) is 5.12. The Hall–Kier alpha value is -0.630. The van der Waals surface area contributed by atoms with Gasteiger partial charge in [-0.1, -0.05) is 0 Å². The summed E-state index contributed by atoms with van der Waals surface area (Å²) >= 11 is 1.59. The van der Waals surface area contributed by atoms with E-state index in [9.17, 15) is 8.42 Å². The van der Waals surface area contributed by atoms with Gasteiger partial charge < -0.3 is 11.1 Å². The van der Waals surface area contributed by atoms with Gasteiger partial charge in [-0.25, -0.2) is 13.1 Å². The van der Waals surface area contributed by atoms with Gasteiger partial charge in [-0.3, -0.25) is 0 Å². The van der Waals surface area contributed by atoms with Gasteiger partial charge in [0.2, 0.25) is 10.0 Å². The van der Waals surface area contributed by atoms with Gasteiger partial charge in [-0.05, 0) is 11.4 Å². The summed E-state index contributed by atoms with van der Waals surface area (Å²) in [5.41, 5.74) is 6.46. The molecule has 0 atom stereocenters. The number of hydrogen-bond acceptors (Lipinski definition) is 5. The first-order valence-electron chi connectivity index (χ1n) is 4.46. The summed E-state index contributed by atoms with van der Waals surface area (Å²) in [6, 6.07) is 1.86. The van der Waals surface area contributed by atoms with E-state index in [1.165, 1.54) is 0 Å². The highest BCUT2D eigenvalue weighted by Crippen LogP contribution is 2.17. The number of anilines is 1. The largest absolute Gasteiger partial charge is 0.398 e. The molecule has 0 spiro atoms. The molecule has 0 saturated heterocycles. The molecule has 0 aliphatic heterocycles. The van der Waals surface area contributed by atoms with Crippen LogP contribution in [-0.2, 0) is 16.6 Å². The summed E-state index contributed by atoms with van der Waals surface area (Å²) in [7, 11) is -3.08. The standard InChI is InChI=1S/C8H15N3O2S2/c1-15(12,13)11-4-3-10-6-8-7(9)2-5-14-8/h2,5,10-11H,3-4,6,9H2,1H3. The molecule has 0 aliphatic rings. The molecule has 0 aromatic carbocycles. The summed E-state index contributed by atoms with van der Waals surface area (Å²) in [4.78, 5) is 1.08. The first kappa shape index (κ1) is 12.4. The van der Waals surface area contributed by atoms with E-state index in [4.69, 9.17) is 5.73 Å². The highest BCUT2D eigenvalue weighted by Gasteiger charge is 2.01. The van der Waals surface area contributed by atoms with Gasteiger partial charge in [0.25, 0.3) is 0 Å². The molecule has 4 N–H and O–H groups in total. The highest BCUT2D eigenvalue weighted by atomic mass is 32.2. The van der Waals surface area contributed by atoms with E-state index in [0.717, 1.165) is 16.8 Å². The molecule has 15 heavy (non-hydrogen) atoms. The average molecular weight is 249 g/mol. The van der Waals surface area contributed by atoms with Gasteiger partial charge >= 0.3 is 0 Å². The van der Waals surface area contributed by atoms with Crippen molar-refractivity contribution in [2.75, 3.05) is 25.1 Å². The molecule has 1 rings (SSSR count). The van der Waals surface area contributed by atoms with E-state index < -0.39 is 10.0 Å². The topological polar surface area (TPSA) is 84.2 Å². The minimum Gasteiger partial charge on any atom is -0.398 e. The molecule has 0 unspecified atom stereocenters. The zero-order valence-corrected chi connectivity index (χ0v) is 10.1. The van der Waals surface area contributed by atoms with Crippen LogP contribution in [0.1, 0.15) is 4.88 Å². The van der Waals surface area contributed by atoms with Gasteiger partial charge in [0.1, 0.15) is 0 Å². The number of nitrogens with two attached hydrogens (primary N) is 1. The lowest BCUT2D eigenvalue weighted by atomic mass is 10.4. The second kappa shape index (κ2) is 5.45. The molecule has 7 heteroatoms. The Bertz CT molecular complexity index is 400. The van der Waals surface area contributed by atoms with Crippen molar-refractivity contribution >= 4 is 27.0 Å². The van der Waals surface area contributed by atoms with Crippen molar-refractivity contribution in [2.24, 2.45) is 0 Å². The van der Waals surface area contributed by atoms with Crippen LogP contribution in [0, 0.1) is 0 Å². The molecule has 1 heterocycles. The predicted octanol–water partition coefficient (Wildman–Crippen LogP) is -0.0309. The van der Waals surface area contributed by atoms with Crippen molar-refractivity contribution in [1.82, 2.24) is 10.0 Å². The van der Waals surface area contributed by atoms with Crippen molar-refractivity contribution in [2.45, 2.75) is 6.54 Å². The second-order valence-corrected chi connectivity index (χ2v) is 5.98. The van der Waals surface area contributed by atoms with Crippen molar-refractivity contribution in [3.63, 3.8) is 0 Å². The van der Waals surface area contributed by atoms with E-state index in [2.05, 4.69) is 10.0 Å². The van der Waals surface area contributed by atoms with Crippen LogP contribution in [0.15, 0.2) is 11.4 Å². The summed E-state index contributed by atoms with van der Waals surface area (Å²) in [5.74, 6) is 0. The Morgan fingerprint density at radius 3 is 2.73 bits per heavy atom.